The molecule has 26 heavy (non-hydrogen) atoms. The van der Waals surface area contributed by atoms with Gasteiger partial charge in [-0.3, -0.25) is 4.79 Å². The van der Waals surface area contributed by atoms with Gasteiger partial charge in [0, 0.05) is 5.39 Å². The molecule has 0 saturated carbocycles. The summed E-state index contributed by atoms with van der Waals surface area (Å²) >= 11 is 0. The van der Waals surface area contributed by atoms with Gasteiger partial charge in [0.25, 0.3) is 5.56 Å². The number of ether oxygens (including phenoxy) is 1. The molecule has 0 bridgehead atoms. The van der Waals surface area contributed by atoms with E-state index in [1.165, 1.54) is 6.07 Å². The van der Waals surface area contributed by atoms with E-state index in [1.54, 1.807) is 24.3 Å². The molecule has 5 nitrogen and oxygen atoms in total. The van der Waals surface area contributed by atoms with Crippen molar-refractivity contribution in [3.63, 3.8) is 0 Å². The number of pyridine rings is 1. The molecule has 1 aliphatic heterocycles. The first-order chi connectivity index (χ1) is 12.5. The maximum absolute atomic E-state index is 13.8. The summed E-state index contributed by atoms with van der Waals surface area (Å²) in [6.45, 7) is 0. The Morgan fingerprint density at radius 3 is 2.65 bits per heavy atom. The number of nitrogens with zero attached hydrogens (tertiary/aromatic N) is 1. The van der Waals surface area contributed by atoms with Crippen LogP contribution < -0.4 is 16.0 Å². The Kier molecular flexibility index (Phi) is 3.48. The van der Waals surface area contributed by atoms with Crippen molar-refractivity contribution in [2.24, 2.45) is 5.73 Å². The number of halogens is 2. The van der Waals surface area contributed by atoms with E-state index in [2.05, 4.69) is 4.98 Å². The van der Waals surface area contributed by atoms with Crippen molar-refractivity contribution in [1.29, 1.82) is 5.26 Å². The van der Waals surface area contributed by atoms with Crippen molar-refractivity contribution in [3.8, 4) is 11.8 Å². The molecule has 0 unspecified atom stereocenters. The number of nitrogens with two attached hydrogens (primary N) is 1. The minimum absolute atomic E-state index is 0.0377. The van der Waals surface area contributed by atoms with E-state index in [0.29, 0.717) is 10.9 Å². The number of fused-ring (bicyclic) bond motifs is 3. The number of aromatic nitrogens is 1. The lowest BCUT2D eigenvalue weighted by molar-refractivity contribution is 0.396. The van der Waals surface area contributed by atoms with Crippen molar-refractivity contribution in [2.75, 3.05) is 0 Å². The van der Waals surface area contributed by atoms with Crippen LogP contribution in [0.4, 0.5) is 8.78 Å². The van der Waals surface area contributed by atoms with Gasteiger partial charge in [-0.1, -0.05) is 18.2 Å². The van der Waals surface area contributed by atoms with Gasteiger partial charge in [0.15, 0.2) is 11.6 Å². The third-order valence-corrected chi connectivity index (χ3v) is 4.36. The summed E-state index contributed by atoms with van der Waals surface area (Å²) in [4.78, 5) is 15.4. The molecule has 128 valence electrons. The second kappa shape index (κ2) is 5.70. The standard InChI is InChI=1S/C19H11F2N3O2/c20-12-6-5-9(7-13(12)21)15-11(8-22)18(23)26-17-10-3-1-2-4-14(10)24-19(25)16(15)17/h1-7,15H,23H2,(H,24,25)/t15-/m1/s1. The van der Waals surface area contributed by atoms with E-state index in [-0.39, 0.29) is 28.3 Å². The zero-order valence-corrected chi connectivity index (χ0v) is 13.2. The van der Waals surface area contributed by atoms with Crippen LogP contribution in [0, 0.1) is 23.0 Å². The Morgan fingerprint density at radius 1 is 1.15 bits per heavy atom. The van der Waals surface area contributed by atoms with Crippen molar-refractivity contribution in [2.45, 2.75) is 5.92 Å². The highest BCUT2D eigenvalue weighted by Crippen LogP contribution is 2.43. The fraction of sp³-hybridized carbons (Fsp3) is 0.0526. The minimum atomic E-state index is -1.08. The predicted molar refractivity (Wildman–Crippen MR) is 90.2 cm³/mol. The van der Waals surface area contributed by atoms with E-state index in [1.807, 2.05) is 6.07 Å². The SMILES string of the molecule is N#CC1=C(N)Oc2c(c(=O)[nH]c3ccccc23)[C@@H]1c1ccc(F)c(F)c1. The summed E-state index contributed by atoms with van der Waals surface area (Å²) in [7, 11) is 0. The lowest BCUT2D eigenvalue weighted by atomic mass is 9.83. The lowest BCUT2D eigenvalue weighted by Gasteiger charge is -2.26. The van der Waals surface area contributed by atoms with Gasteiger partial charge in [0.05, 0.1) is 17.0 Å². The van der Waals surface area contributed by atoms with E-state index >= 15 is 0 Å². The molecule has 0 aliphatic carbocycles. The first-order valence-electron chi connectivity index (χ1n) is 7.68. The summed E-state index contributed by atoms with van der Waals surface area (Å²) in [6, 6.07) is 12.1. The summed E-state index contributed by atoms with van der Waals surface area (Å²) < 4.78 is 32.7. The van der Waals surface area contributed by atoms with Gasteiger partial charge in [0.2, 0.25) is 5.88 Å². The molecule has 7 heteroatoms. The number of nitriles is 1. The largest absolute Gasteiger partial charge is 0.439 e. The molecule has 0 saturated heterocycles. The number of nitrogens with one attached hydrogen (secondary N) is 1. The molecule has 2 aromatic carbocycles. The van der Waals surface area contributed by atoms with E-state index in [4.69, 9.17) is 10.5 Å². The number of hydrogen-bond donors (Lipinski definition) is 2. The van der Waals surface area contributed by atoms with E-state index < -0.39 is 23.1 Å². The molecular weight excluding hydrogens is 340 g/mol. The fourth-order valence-corrected chi connectivity index (χ4v) is 3.20. The molecule has 1 aliphatic rings. The summed E-state index contributed by atoms with van der Waals surface area (Å²) in [6.07, 6.45) is 0. The van der Waals surface area contributed by atoms with Crippen LogP contribution in [-0.4, -0.2) is 4.98 Å². The Balaban J connectivity index is 2.08. The van der Waals surface area contributed by atoms with Gasteiger partial charge < -0.3 is 15.5 Å². The number of benzene rings is 2. The monoisotopic (exact) mass is 351 g/mol. The van der Waals surface area contributed by atoms with Gasteiger partial charge in [-0.2, -0.15) is 5.26 Å². The Morgan fingerprint density at radius 2 is 1.92 bits per heavy atom. The second-order valence-corrected chi connectivity index (χ2v) is 5.84. The van der Waals surface area contributed by atoms with E-state index in [9.17, 15) is 18.8 Å². The fourth-order valence-electron chi connectivity index (χ4n) is 3.20. The Hall–Kier alpha value is -3.66. The highest BCUT2D eigenvalue weighted by molar-refractivity contribution is 5.87. The highest BCUT2D eigenvalue weighted by atomic mass is 19.2. The van der Waals surface area contributed by atoms with Crippen molar-refractivity contribution in [3.05, 3.63) is 87.0 Å². The van der Waals surface area contributed by atoms with Crippen molar-refractivity contribution < 1.29 is 13.5 Å². The van der Waals surface area contributed by atoms with Crippen LogP contribution in [-0.2, 0) is 0 Å². The summed E-state index contributed by atoms with van der Waals surface area (Å²) in [5.41, 5.74) is 6.26. The zero-order chi connectivity index (χ0) is 18.4. The molecule has 2 heterocycles. The van der Waals surface area contributed by atoms with Gasteiger partial charge in [0.1, 0.15) is 17.4 Å². The third kappa shape index (κ3) is 2.24. The number of aromatic amines is 1. The maximum Gasteiger partial charge on any atom is 0.256 e. The lowest BCUT2D eigenvalue weighted by Crippen LogP contribution is -2.28. The van der Waals surface area contributed by atoms with Crippen LogP contribution in [0.2, 0.25) is 0 Å². The van der Waals surface area contributed by atoms with Crippen LogP contribution in [0.25, 0.3) is 10.9 Å². The molecule has 1 atom stereocenters. The Bertz CT molecular complexity index is 1190. The molecule has 3 N–H and O–H groups in total. The Labute approximate surface area is 145 Å². The first kappa shape index (κ1) is 15.8. The zero-order valence-electron chi connectivity index (χ0n) is 13.2. The smallest absolute Gasteiger partial charge is 0.256 e. The van der Waals surface area contributed by atoms with Crippen LogP contribution in [0.1, 0.15) is 17.0 Å². The van der Waals surface area contributed by atoms with Crippen molar-refractivity contribution >= 4 is 10.9 Å². The second-order valence-electron chi connectivity index (χ2n) is 5.84. The summed E-state index contributed by atoms with van der Waals surface area (Å²) in [5.74, 6) is -3.04. The normalized spacial score (nSPS) is 16.1. The minimum Gasteiger partial charge on any atom is -0.439 e. The van der Waals surface area contributed by atoms with Crippen LogP contribution in [0.5, 0.6) is 5.75 Å². The number of rotatable bonds is 1. The summed E-state index contributed by atoms with van der Waals surface area (Å²) in [5, 5.41) is 10.1. The molecule has 1 aromatic heterocycles. The number of allylic oxidation sites excluding steroid dienone is 1. The number of para-hydroxylation sites is 1. The van der Waals surface area contributed by atoms with Crippen LogP contribution in [0.15, 0.2) is 58.7 Å². The average Bonchev–Trinajstić information content (AvgIpc) is 2.63. The topological polar surface area (TPSA) is 91.9 Å². The van der Waals surface area contributed by atoms with E-state index in [0.717, 1.165) is 12.1 Å². The molecule has 0 fully saturated rings. The maximum atomic E-state index is 13.8. The predicted octanol–water partition coefficient (Wildman–Crippen LogP) is 3.02. The molecule has 0 amide bonds. The van der Waals surface area contributed by atoms with Gasteiger partial charge in [-0.15, -0.1) is 0 Å². The molecule has 3 aromatic rings. The number of H-pyrrole nitrogens is 1. The van der Waals surface area contributed by atoms with Gasteiger partial charge in [-0.05, 0) is 29.8 Å². The van der Waals surface area contributed by atoms with Gasteiger partial charge in [-0.25, -0.2) is 8.78 Å². The van der Waals surface area contributed by atoms with Gasteiger partial charge >= 0.3 is 0 Å². The van der Waals surface area contributed by atoms with Crippen LogP contribution >= 0.6 is 0 Å². The molecular formula is C19H11F2N3O2. The molecule has 0 spiro atoms. The third-order valence-electron chi connectivity index (χ3n) is 4.36. The molecule has 0 radical (unpaired) electrons. The quantitative estimate of drug-likeness (QED) is 0.705. The average molecular weight is 351 g/mol. The highest BCUT2D eigenvalue weighted by Gasteiger charge is 2.34. The van der Waals surface area contributed by atoms with Crippen LogP contribution in [0.3, 0.4) is 0 Å². The first-order valence-corrected chi connectivity index (χ1v) is 7.68. The van der Waals surface area contributed by atoms with Crippen molar-refractivity contribution in [1.82, 2.24) is 4.98 Å². The number of hydrogen-bond acceptors (Lipinski definition) is 4. The molecule has 4 rings (SSSR count).